The number of allylic oxidation sites excluding steroid dienone is 2. The Labute approximate surface area is 240 Å². The molecule has 4 heteroatoms. The molecule has 0 aromatic heterocycles. The van der Waals surface area contributed by atoms with E-state index < -0.39 is 0 Å². The van der Waals surface area contributed by atoms with Gasteiger partial charge in [0.05, 0.1) is 45.8 Å². The molecular weight excluding hydrogens is 480 g/mol. The Bertz CT molecular complexity index is 1020. The van der Waals surface area contributed by atoms with Crippen LogP contribution in [-0.2, 0) is 4.79 Å². The molecule has 8 atom stereocenters. The van der Waals surface area contributed by atoms with Crippen LogP contribution in [0, 0.1) is 50.2 Å². The van der Waals surface area contributed by atoms with Crippen LogP contribution in [0.4, 0.5) is 0 Å². The number of aliphatic hydroxyl groups excluding tert-OH is 1. The predicted molar refractivity (Wildman–Crippen MR) is 161 cm³/mol. The summed E-state index contributed by atoms with van der Waals surface area (Å²) in [7, 11) is 6.61. The monoisotopic (exact) mass is 541 g/mol. The molecule has 1 amide bonds. The van der Waals surface area contributed by atoms with Gasteiger partial charge in [0.25, 0.3) is 0 Å². The Morgan fingerprint density at radius 1 is 0.923 bits per heavy atom. The topological polar surface area (TPSA) is 49.3 Å². The highest BCUT2D eigenvalue weighted by Gasteiger charge is 2.69. The van der Waals surface area contributed by atoms with Crippen LogP contribution in [0.2, 0.25) is 0 Å². The van der Waals surface area contributed by atoms with Crippen LogP contribution in [0.15, 0.2) is 11.6 Å². The fourth-order valence-electron chi connectivity index (χ4n) is 11.3. The van der Waals surface area contributed by atoms with Crippen molar-refractivity contribution in [3.8, 4) is 0 Å². The summed E-state index contributed by atoms with van der Waals surface area (Å²) in [5.74, 6) is 1.92. The van der Waals surface area contributed by atoms with Gasteiger partial charge < -0.3 is 14.9 Å². The summed E-state index contributed by atoms with van der Waals surface area (Å²) in [6.45, 7) is 19.1. The summed E-state index contributed by atoms with van der Waals surface area (Å²) < 4.78 is 0.875. The average Bonchev–Trinajstić information content (AvgIpc) is 2.81. The zero-order valence-electron chi connectivity index (χ0n) is 27.2. The quantitative estimate of drug-likeness (QED) is 0.298. The lowest BCUT2D eigenvalue weighted by molar-refractivity contribution is -0.869. The lowest BCUT2D eigenvalue weighted by Gasteiger charge is -2.71. The van der Waals surface area contributed by atoms with Crippen molar-refractivity contribution in [3.05, 3.63) is 11.6 Å². The molecule has 0 aliphatic heterocycles. The normalized spacial score (nSPS) is 46.6. The molecule has 5 aliphatic carbocycles. The molecule has 0 aromatic rings. The maximum absolute atomic E-state index is 14.2. The van der Waals surface area contributed by atoms with E-state index in [1.165, 1.54) is 12.8 Å². The first kappa shape index (κ1) is 29.6. The van der Waals surface area contributed by atoms with Crippen LogP contribution < -0.4 is 5.32 Å². The lowest BCUT2D eigenvalue weighted by atomic mass is 9.33. The van der Waals surface area contributed by atoms with Crippen LogP contribution in [0.1, 0.15) is 113 Å². The number of nitrogens with one attached hydrogen (secondary N) is 1. The maximum atomic E-state index is 14.2. The van der Waals surface area contributed by atoms with Crippen molar-refractivity contribution < 1.29 is 14.4 Å². The molecule has 5 aliphatic rings. The molecular formula is C35H61N2O2+. The fraction of sp³-hybridized carbons (Fsp3) is 0.914. The van der Waals surface area contributed by atoms with Gasteiger partial charge in [-0.25, -0.2) is 0 Å². The molecule has 5 rings (SSSR count). The Balaban J connectivity index is 1.51. The first-order valence-corrected chi connectivity index (χ1v) is 16.3. The second kappa shape index (κ2) is 9.06. The van der Waals surface area contributed by atoms with Gasteiger partial charge in [-0.1, -0.05) is 60.1 Å². The van der Waals surface area contributed by atoms with Gasteiger partial charge in [-0.2, -0.15) is 0 Å². The van der Waals surface area contributed by atoms with Crippen molar-refractivity contribution in [2.75, 3.05) is 34.2 Å². The second-order valence-corrected chi connectivity index (χ2v) is 18.0. The highest BCUT2D eigenvalue weighted by molar-refractivity contribution is 5.84. The minimum absolute atomic E-state index is 0.0157. The fourth-order valence-corrected chi connectivity index (χ4v) is 11.3. The van der Waals surface area contributed by atoms with E-state index in [4.69, 9.17) is 0 Å². The van der Waals surface area contributed by atoms with E-state index in [9.17, 15) is 9.90 Å². The van der Waals surface area contributed by atoms with Crippen LogP contribution >= 0.6 is 0 Å². The SMILES string of the molecule is CC1(C)CC[C@]2(C(=O)NCC[N+](C)(C)C)CC[C@]3(C)C(=CC[C@@H]4[C@@]5(C)CC[C@H](O)C(C)(C)[C@@H]5CC[C@]43C)[C@@H]2C1. The largest absolute Gasteiger partial charge is 0.393 e. The number of carbonyl (C=O) groups is 1. The number of rotatable bonds is 4. The van der Waals surface area contributed by atoms with Gasteiger partial charge in [0.15, 0.2) is 0 Å². The number of aliphatic hydroxyl groups is 1. The minimum Gasteiger partial charge on any atom is -0.393 e. The molecule has 0 aromatic carbocycles. The van der Waals surface area contributed by atoms with E-state index in [0.29, 0.717) is 23.7 Å². The van der Waals surface area contributed by atoms with Crippen molar-refractivity contribution in [3.63, 3.8) is 0 Å². The van der Waals surface area contributed by atoms with Gasteiger partial charge in [-0.05, 0) is 109 Å². The Morgan fingerprint density at radius 2 is 1.59 bits per heavy atom. The maximum Gasteiger partial charge on any atom is 0.227 e. The van der Waals surface area contributed by atoms with Gasteiger partial charge in [0, 0.05) is 0 Å². The first-order chi connectivity index (χ1) is 17.8. The molecule has 39 heavy (non-hydrogen) atoms. The number of fused-ring (bicyclic) bond motifs is 7. The summed E-state index contributed by atoms with van der Waals surface area (Å²) in [5.41, 5.74) is 2.33. The first-order valence-electron chi connectivity index (χ1n) is 16.3. The second-order valence-electron chi connectivity index (χ2n) is 18.0. The van der Waals surface area contributed by atoms with Gasteiger partial charge in [-0.3, -0.25) is 4.79 Å². The Morgan fingerprint density at radius 3 is 2.26 bits per heavy atom. The highest BCUT2D eigenvalue weighted by Crippen LogP contribution is 2.75. The van der Waals surface area contributed by atoms with Crippen molar-refractivity contribution in [2.24, 2.45) is 50.2 Å². The lowest BCUT2D eigenvalue weighted by Crippen LogP contribution is -2.65. The van der Waals surface area contributed by atoms with E-state index in [1.54, 1.807) is 5.57 Å². The van der Waals surface area contributed by atoms with Crippen LogP contribution in [-0.4, -0.2) is 55.8 Å². The van der Waals surface area contributed by atoms with Crippen molar-refractivity contribution >= 4 is 5.91 Å². The highest BCUT2D eigenvalue weighted by atomic mass is 16.3. The van der Waals surface area contributed by atoms with E-state index >= 15 is 0 Å². The van der Waals surface area contributed by atoms with E-state index in [0.717, 1.165) is 68.9 Å². The summed E-state index contributed by atoms with van der Waals surface area (Å²) in [6.07, 6.45) is 13.7. The molecule has 0 spiro atoms. The third-order valence-electron chi connectivity index (χ3n) is 14.1. The summed E-state index contributed by atoms with van der Waals surface area (Å²) in [5, 5.41) is 14.5. The Hall–Kier alpha value is -0.870. The van der Waals surface area contributed by atoms with E-state index in [-0.39, 0.29) is 38.6 Å². The number of hydrogen-bond acceptors (Lipinski definition) is 2. The number of likely N-dealkylation sites (N-methyl/N-ethyl adjacent to an activating group) is 1. The number of carbonyl (C=O) groups excluding carboxylic acids is 1. The molecule has 4 fully saturated rings. The summed E-state index contributed by atoms with van der Waals surface area (Å²) >= 11 is 0. The molecule has 0 heterocycles. The number of nitrogens with zero attached hydrogens (tertiary/aromatic N) is 1. The van der Waals surface area contributed by atoms with Crippen LogP contribution in [0.3, 0.4) is 0 Å². The van der Waals surface area contributed by atoms with Gasteiger partial charge in [-0.15, -0.1) is 0 Å². The zero-order chi connectivity index (χ0) is 28.9. The summed E-state index contributed by atoms with van der Waals surface area (Å²) in [4.78, 5) is 14.2. The Kier molecular flexibility index (Phi) is 6.88. The number of hydrogen-bond donors (Lipinski definition) is 2. The number of quaternary nitrogens is 1. The van der Waals surface area contributed by atoms with Gasteiger partial charge in [0.2, 0.25) is 5.91 Å². The van der Waals surface area contributed by atoms with Crippen LogP contribution in [0.25, 0.3) is 0 Å². The number of amides is 1. The van der Waals surface area contributed by atoms with Crippen LogP contribution in [0.5, 0.6) is 0 Å². The molecule has 0 bridgehead atoms. The third-order valence-corrected chi connectivity index (χ3v) is 14.1. The molecule has 2 N–H and O–H groups in total. The molecule has 0 unspecified atom stereocenters. The molecule has 4 nitrogen and oxygen atoms in total. The van der Waals surface area contributed by atoms with Crippen molar-refractivity contribution in [2.45, 2.75) is 119 Å². The minimum atomic E-state index is -0.243. The van der Waals surface area contributed by atoms with Gasteiger partial charge in [0.1, 0.15) is 0 Å². The predicted octanol–water partition coefficient (Wildman–Crippen LogP) is 6.97. The molecule has 0 radical (unpaired) electrons. The smallest absolute Gasteiger partial charge is 0.227 e. The molecule has 0 saturated heterocycles. The van der Waals surface area contributed by atoms with Crippen molar-refractivity contribution in [1.82, 2.24) is 5.32 Å². The zero-order valence-corrected chi connectivity index (χ0v) is 27.2. The average molecular weight is 542 g/mol. The molecule has 222 valence electrons. The van der Waals surface area contributed by atoms with Crippen molar-refractivity contribution in [1.29, 1.82) is 0 Å². The molecule has 4 saturated carbocycles. The van der Waals surface area contributed by atoms with E-state index in [2.05, 4.69) is 81.0 Å². The third kappa shape index (κ3) is 4.31. The standard InChI is InChI=1S/C35H60N2O2/c1-30(2)17-19-35(29(39)36-21-22-37(8,9)10)20-18-33(6)24(25(35)23-30)11-12-27-32(5)15-14-28(38)31(3,4)26(32)13-16-34(27,33)7/h11,25-28,38H,12-23H2,1-10H3/p+1/t25-,26-,27+,28-,32-,33+,34+,35-/m0/s1. The van der Waals surface area contributed by atoms with E-state index in [1.807, 2.05) is 0 Å². The summed E-state index contributed by atoms with van der Waals surface area (Å²) in [6, 6.07) is 0. The van der Waals surface area contributed by atoms with Gasteiger partial charge >= 0.3 is 0 Å².